The number of benzene rings is 2. The normalized spacial score (nSPS) is 17.9. The average molecular weight is 337 g/mol. The summed E-state index contributed by atoms with van der Waals surface area (Å²) in [5.74, 6) is 0.414. The van der Waals surface area contributed by atoms with Gasteiger partial charge in [0.1, 0.15) is 0 Å². The van der Waals surface area contributed by atoms with Crippen molar-refractivity contribution >= 4 is 5.91 Å². The van der Waals surface area contributed by atoms with Crippen LogP contribution < -0.4 is 0 Å². The van der Waals surface area contributed by atoms with Gasteiger partial charge in [-0.2, -0.15) is 0 Å². The van der Waals surface area contributed by atoms with E-state index in [-0.39, 0.29) is 11.8 Å². The van der Waals surface area contributed by atoms with E-state index in [2.05, 4.69) is 31.2 Å². The number of likely N-dealkylation sites (tertiary alicyclic amines) is 1. The molecule has 3 heteroatoms. The average Bonchev–Trinajstić information content (AvgIpc) is 2.63. The minimum atomic E-state index is -0.691. The maximum atomic E-state index is 12.6. The molecule has 1 fully saturated rings. The molecule has 1 heterocycles. The Morgan fingerprint density at radius 2 is 1.60 bits per heavy atom. The molecule has 3 nitrogen and oxygen atoms in total. The predicted octanol–water partition coefficient (Wildman–Crippen LogP) is 3.78. The van der Waals surface area contributed by atoms with E-state index in [0.717, 1.165) is 5.56 Å². The quantitative estimate of drug-likeness (QED) is 0.902. The van der Waals surface area contributed by atoms with Crippen molar-refractivity contribution < 1.29 is 9.90 Å². The Morgan fingerprint density at radius 1 is 1.04 bits per heavy atom. The lowest BCUT2D eigenvalue weighted by molar-refractivity contribution is -0.135. The van der Waals surface area contributed by atoms with Crippen LogP contribution in [-0.4, -0.2) is 34.6 Å². The molecule has 0 aromatic heterocycles. The number of hydrogen-bond donors (Lipinski definition) is 1. The number of aliphatic hydroxyl groups is 1. The van der Waals surface area contributed by atoms with Crippen molar-refractivity contribution in [2.45, 2.75) is 44.1 Å². The van der Waals surface area contributed by atoms with Gasteiger partial charge in [-0.05, 0) is 29.9 Å². The Balaban J connectivity index is 1.52. The summed E-state index contributed by atoms with van der Waals surface area (Å²) in [5, 5.41) is 10.8. The van der Waals surface area contributed by atoms with Gasteiger partial charge < -0.3 is 10.0 Å². The van der Waals surface area contributed by atoms with Crippen molar-refractivity contribution in [3.05, 3.63) is 71.8 Å². The first-order valence-corrected chi connectivity index (χ1v) is 9.15. The Bertz CT molecular complexity index is 676. The van der Waals surface area contributed by atoms with Gasteiger partial charge in [-0.3, -0.25) is 4.79 Å². The first-order chi connectivity index (χ1) is 12.1. The fourth-order valence-corrected chi connectivity index (χ4v) is 3.62. The number of nitrogens with zero attached hydrogens (tertiary/aromatic N) is 1. The van der Waals surface area contributed by atoms with Gasteiger partial charge in [0.15, 0.2) is 0 Å². The minimum Gasteiger partial charge on any atom is -0.389 e. The minimum absolute atomic E-state index is 0.193. The molecule has 1 aliphatic heterocycles. The molecule has 132 valence electrons. The summed E-state index contributed by atoms with van der Waals surface area (Å²) < 4.78 is 0. The van der Waals surface area contributed by atoms with Crippen LogP contribution in [0.4, 0.5) is 0 Å². The van der Waals surface area contributed by atoms with Crippen LogP contribution in [-0.2, 0) is 11.2 Å². The molecule has 2 aromatic rings. The van der Waals surface area contributed by atoms with Crippen molar-refractivity contribution in [2.75, 3.05) is 13.1 Å². The van der Waals surface area contributed by atoms with Gasteiger partial charge in [0.05, 0.1) is 5.60 Å². The summed E-state index contributed by atoms with van der Waals surface area (Å²) in [6, 6.07) is 20.3. The summed E-state index contributed by atoms with van der Waals surface area (Å²) in [6.45, 7) is 3.39. The summed E-state index contributed by atoms with van der Waals surface area (Å²) >= 11 is 0. The van der Waals surface area contributed by atoms with Crippen molar-refractivity contribution in [1.29, 1.82) is 0 Å². The number of piperidine rings is 1. The monoisotopic (exact) mass is 337 g/mol. The smallest absolute Gasteiger partial charge is 0.223 e. The number of hydrogen-bond acceptors (Lipinski definition) is 2. The second kappa shape index (κ2) is 7.83. The summed E-state index contributed by atoms with van der Waals surface area (Å²) in [5.41, 5.74) is 1.67. The molecule has 3 rings (SSSR count). The highest BCUT2D eigenvalue weighted by Gasteiger charge is 2.34. The standard InChI is InChI=1S/C22H27NO2/c1-18(20-10-6-3-7-11-20)16-21(24)23-14-12-22(25,13-15-23)17-19-8-4-2-5-9-19/h2-11,18,25H,12-17H2,1H3/t18-/m1/s1. The fraction of sp³-hybridized carbons (Fsp3) is 0.409. The van der Waals surface area contributed by atoms with E-state index in [1.807, 2.05) is 41.3 Å². The third-order valence-corrected chi connectivity index (χ3v) is 5.27. The van der Waals surface area contributed by atoms with Gasteiger partial charge in [0.2, 0.25) is 5.91 Å². The maximum Gasteiger partial charge on any atom is 0.223 e. The van der Waals surface area contributed by atoms with Crippen LogP contribution in [0.1, 0.15) is 43.2 Å². The Morgan fingerprint density at radius 3 is 2.20 bits per heavy atom. The zero-order valence-corrected chi connectivity index (χ0v) is 14.9. The van der Waals surface area contributed by atoms with Crippen LogP contribution in [0.15, 0.2) is 60.7 Å². The molecule has 0 saturated carbocycles. The first kappa shape index (κ1) is 17.7. The van der Waals surface area contributed by atoms with Crippen LogP contribution >= 0.6 is 0 Å². The van der Waals surface area contributed by atoms with Gasteiger partial charge in [-0.1, -0.05) is 67.6 Å². The van der Waals surface area contributed by atoms with E-state index in [4.69, 9.17) is 0 Å². The zero-order valence-electron chi connectivity index (χ0n) is 14.9. The van der Waals surface area contributed by atoms with Crippen LogP contribution in [0.5, 0.6) is 0 Å². The number of amides is 1. The van der Waals surface area contributed by atoms with Crippen LogP contribution in [0.3, 0.4) is 0 Å². The molecule has 1 atom stereocenters. The molecule has 0 unspecified atom stereocenters. The first-order valence-electron chi connectivity index (χ1n) is 9.15. The molecule has 2 aromatic carbocycles. The topological polar surface area (TPSA) is 40.5 Å². The van der Waals surface area contributed by atoms with Crippen molar-refractivity contribution in [3.63, 3.8) is 0 Å². The second-order valence-corrected chi connectivity index (χ2v) is 7.28. The third-order valence-electron chi connectivity index (χ3n) is 5.27. The van der Waals surface area contributed by atoms with Crippen molar-refractivity contribution in [2.24, 2.45) is 0 Å². The molecule has 1 aliphatic rings. The molecule has 1 saturated heterocycles. The van der Waals surface area contributed by atoms with Gasteiger partial charge in [-0.25, -0.2) is 0 Å². The van der Waals surface area contributed by atoms with E-state index >= 15 is 0 Å². The van der Waals surface area contributed by atoms with E-state index in [0.29, 0.717) is 38.8 Å². The van der Waals surface area contributed by atoms with Gasteiger partial charge >= 0.3 is 0 Å². The Labute approximate surface area is 150 Å². The summed E-state index contributed by atoms with van der Waals surface area (Å²) in [7, 11) is 0. The maximum absolute atomic E-state index is 12.6. The largest absolute Gasteiger partial charge is 0.389 e. The van der Waals surface area contributed by atoms with E-state index in [1.54, 1.807) is 0 Å². The van der Waals surface area contributed by atoms with Crippen LogP contribution in [0.2, 0.25) is 0 Å². The van der Waals surface area contributed by atoms with Gasteiger partial charge in [0, 0.05) is 25.9 Å². The highest BCUT2D eigenvalue weighted by molar-refractivity contribution is 5.77. The molecule has 1 amide bonds. The number of carbonyl (C=O) groups excluding carboxylic acids is 1. The number of rotatable bonds is 5. The predicted molar refractivity (Wildman–Crippen MR) is 100 cm³/mol. The van der Waals surface area contributed by atoms with E-state index in [9.17, 15) is 9.90 Å². The summed E-state index contributed by atoms with van der Waals surface area (Å²) in [4.78, 5) is 14.5. The molecule has 0 bridgehead atoms. The molecule has 0 spiro atoms. The van der Waals surface area contributed by atoms with Crippen LogP contribution in [0, 0.1) is 0 Å². The van der Waals surface area contributed by atoms with E-state index < -0.39 is 5.60 Å². The Hall–Kier alpha value is -2.13. The lowest BCUT2D eigenvalue weighted by Gasteiger charge is -2.38. The van der Waals surface area contributed by atoms with Crippen molar-refractivity contribution in [1.82, 2.24) is 4.90 Å². The van der Waals surface area contributed by atoms with Gasteiger partial charge in [0.25, 0.3) is 0 Å². The molecular weight excluding hydrogens is 310 g/mol. The van der Waals surface area contributed by atoms with Gasteiger partial charge in [-0.15, -0.1) is 0 Å². The van der Waals surface area contributed by atoms with Crippen molar-refractivity contribution in [3.8, 4) is 0 Å². The summed E-state index contributed by atoms with van der Waals surface area (Å²) in [6.07, 6.45) is 2.48. The molecule has 25 heavy (non-hydrogen) atoms. The highest BCUT2D eigenvalue weighted by Crippen LogP contribution is 2.28. The third kappa shape index (κ3) is 4.70. The molecule has 0 aliphatic carbocycles. The highest BCUT2D eigenvalue weighted by atomic mass is 16.3. The Kier molecular flexibility index (Phi) is 5.54. The molecule has 0 radical (unpaired) electrons. The SMILES string of the molecule is C[C@H](CC(=O)N1CCC(O)(Cc2ccccc2)CC1)c1ccccc1. The van der Waals surface area contributed by atoms with E-state index in [1.165, 1.54) is 5.56 Å². The second-order valence-electron chi connectivity index (χ2n) is 7.28. The molecular formula is C22H27NO2. The fourth-order valence-electron chi connectivity index (χ4n) is 3.62. The van der Waals surface area contributed by atoms with Crippen LogP contribution in [0.25, 0.3) is 0 Å². The lowest BCUT2D eigenvalue weighted by Crippen LogP contribution is -2.47. The lowest BCUT2D eigenvalue weighted by atomic mass is 9.85. The molecule has 1 N–H and O–H groups in total. The number of carbonyl (C=O) groups is 1. The zero-order chi connectivity index (χ0) is 17.7.